The third-order valence-electron chi connectivity index (χ3n) is 2.27. The van der Waals surface area contributed by atoms with E-state index in [0.717, 1.165) is 6.07 Å². The Hall–Kier alpha value is -1.33. The molecule has 0 aromatic heterocycles. The van der Waals surface area contributed by atoms with Crippen molar-refractivity contribution in [2.45, 2.75) is 12.5 Å². The maximum absolute atomic E-state index is 13.1. The highest BCUT2D eigenvalue weighted by atomic mass is 35.5. The standard InChI is InChI=1S/C10H10ClFN2O2/c11-5-3-9-7(4-6(5)12)14-10(15)8(16-9)1-2-13/h3-4,8H,1-2,13H2,(H,14,15). The molecule has 4 nitrogen and oxygen atoms in total. The predicted molar refractivity (Wildman–Crippen MR) is 58.1 cm³/mol. The van der Waals surface area contributed by atoms with Gasteiger partial charge in [-0.15, -0.1) is 0 Å². The summed E-state index contributed by atoms with van der Waals surface area (Å²) in [5, 5.41) is 2.50. The van der Waals surface area contributed by atoms with Crippen LogP contribution in [0, 0.1) is 5.82 Å². The van der Waals surface area contributed by atoms with E-state index in [1.807, 2.05) is 0 Å². The highest BCUT2D eigenvalue weighted by molar-refractivity contribution is 6.31. The summed E-state index contributed by atoms with van der Waals surface area (Å²) in [7, 11) is 0. The summed E-state index contributed by atoms with van der Waals surface area (Å²) in [6, 6.07) is 2.48. The average molecular weight is 245 g/mol. The van der Waals surface area contributed by atoms with Crippen LogP contribution in [0.1, 0.15) is 6.42 Å². The molecule has 0 spiro atoms. The molecule has 0 saturated carbocycles. The molecule has 0 radical (unpaired) electrons. The van der Waals surface area contributed by atoms with Gasteiger partial charge in [0.15, 0.2) is 6.10 Å². The fourth-order valence-corrected chi connectivity index (χ4v) is 1.64. The van der Waals surface area contributed by atoms with Gasteiger partial charge in [0.1, 0.15) is 11.6 Å². The summed E-state index contributed by atoms with van der Waals surface area (Å²) in [6.45, 7) is 0.336. The summed E-state index contributed by atoms with van der Waals surface area (Å²) in [5.74, 6) is -0.550. The van der Waals surface area contributed by atoms with Crippen LogP contribution in [0.25, 0.3) is 0 Å². The third kappa shape index (κ3) is 1.96. The van der Waals surface area contributed by atoms with Crippen LogP contribution in [0.5, 0.6) is 5.75 Å². The number of carbonyl (C=O) groups excluding carboxylic acids is 1. The smallest absolute Gasteiger partial charge is 0.265 e. The number of nitrogens with two attached hydrogens (primary N) is 1. The lowest BCUT2D eigenvalue weighted by atomic mass is 10.1. The van der Waals surface area contributed by atoms with Gasteiger partial charge in [-0.2, -0.15) is 0 Å². The number of benzene rings is 1. The number of fused-ring (bicyclic) bond motifs is 1. The van der Waals surface area contributed by atoms with Crippen molar-refractivity contribution in [1.82, 2.24) is 0 Å². The lowest BCUT2D eigenvalue weighted by molar-refractivity contribution is -0.123. The van der Waals surface area contributed by atoms with Crippen LogP contribution in [-0.4, -0.2) is 18.6 Å². The highest BCUT2D eigenvalue weighted by Gasteiger charge is 2.27. The van der Waals surface area contributed by atoms with Gasteiger partial charge in [-0.1, -0.05) is 11.6 Å². The van der Waals surface area contributed by atoms with E-state index in [1.54, 1.807) is 0 Å². The summed E-state index contributed by atoms with van der Waals surface area (Å²) < 4.78 is 18.5. The molecule has 1 aromatic rings. The Labute approximate surface area is 96.5 Å². The minimum absolute atomic E-state index is 0.0404. The van der Waals surface area contributed by atoms with E-state index in [2.05, 4.69) is 5.32 Å². The fourth-order valence-electron chi connectivity index (χ4n) is 1.49. The molecular weight excluding hydrogens is 235 g/mol. The Morgan fingerprint density at radius 2 is 2.31 bits per heavy atom. The van der Waals surface area contributed by atoms with Gasteiger partial charge in [-0.3, -0.25) is 4.79 Å². The molecule has 86 valence electrons. The zero-order valence-corrected chi connectivity index (χ0v) is 9.05. The fraction of sp³-hybridized carbons (Fsp3) is 0.300. The van der Waals surface area contributed by atoms with Gasteiger partial charge >= 0.3 is 0 Å². The Morgan fingerprint density at radius 1 is 1.56 bits per heavy atom. The maximum Gasteiger partial charge on any atom is 0.265 e. The number of carbonyl (C=O) groups is 1. The molecule has 0 fully saturated rings. The molecule has 1 aliphatic heterocycles. The predicted octanol–water partition coefficient (Wildman–Crippen LogP) is 1.53. The zero-order chi connectivity index (χ0) is 11.7. The number of rotatable bonds is 2. The molecular formula is C10H10ClFN2O2. The lowest BCUT2D eigenvalue weighted by Crippen LogP contribution is -2.38. The monoisotopic (exact) mass is 244 g/mol. The van der Waals surface area contributed by atoms with Crippen LogP contribution in [0.2, 0.25) is 5.02 Å². The first-order valence-corrected chi connectivity index (χ1v) is 5.16. The summed E-state index contributed by atoms with van der Waals surface area (Å²) in [6.07, 6.45) is -0.237. The number of amides is 1. The van der Waals surface area contributed by atoms with Crippen LogP contribution in [0.15, 0.2) is 12.1 Å². The van der Waals surface area contributed by atoms with Crippen molar-refractivity contribution in [2.75, 3.05) is 11.9 Å². The highest BCUT2D eigenvalue weighted by Crippen LogP contribution is 2.34. The van der Waals surface area contributed by atoms with Crippen molar-refractivity contribution in [1.29, 1.82) is 0 Å². The number of hydrogen-bond donors (Lipinski definition) is 2. The molecule has 0 aliphatic carbocycles. The Bertz CT molecular complexity index is 439. The van der Waals surface area contributed by atoms with E-state index >= 15 is 0 Å². The van der Waals surface area contributed by atoms with Crippen LogP contribution in [-0.2, 0) is 4.79 Å². The van der Waals surface area contributed by atoms with E-state index in [4.69, 9.17) is 22.1 Å². The van der Waals surface area contributed by atoms with Crippen molar-refractivity contribution in [3.8, 4) is 5.75 Å². The Kier molecular flexibility index (Phi) is 2.98. The second-order valence-corrected chi connectivity index (χ2v) is 3.84. The molecule has 16 heavy (non-hydrogen) atoms. The van der Waals surface area contributed by atoms with Crippen LogP contribution >= 0.6 is 11.6 Å². The molecule has 1 amide bonds. The van der Waals surface area contributed by atoms with Crippen LogP contribution in [0.3, 0.4) is 0 Å². The molecule has 1 aliphatic rings. The molecule has 1 atom stereocenters. The minimum Gasteiger partial charge on any atom is -0.478 e. The Balaban J connectivity index is 2.32. The lowest BCUT2D eigenvalue weighted by Gasteiger charge is -2.25. The van der Waals surface area contributed by atoms with E-state index in [1.165, 1.54) is 6.07 Å². The van der Waals surface area contributed by atoms with E-state index in [9.17, 15) is 9.18 Å². The van der Waals surface area contributed by atoms with Crippen molar-refractivity contribution < 1.29 is 13.9 Å². The topological polar surface area (TPSA) is 64.3 Å². The molecule has 0 saturated heterocycles. The number of hydrogen-bond acceptors (Lipinski definition) is 3. The molecule has 1 aromatic carbocycles. The number of ether oxygens (including phenoxy) is 1. The Morgan fingerprint density at radius 3 is 3.00 bits per heavy atom. The second kappa shape index (κ2) is 4.27. The van der Waals surface area contributed by atoms with Gasteiger partial charge in [0.25, 0.3) is 5.91 Å². The van der Waals surface area contributed by atoms with Gasteiger partial charge in [0.2, 0.25) is 0 Å². The van der Waals surface area contributed by atoms with Crippen molar-refractivity contribution in [3.05, 3.63) is 23.0 Å². The van der Waals surface area contributed by atoms with Crippen LogP contribution in [0.4, 0.5) is 10.1 Å². The normalized spacial score (nSPS) is 18.7. The zero-order valence-electron chi connectivity index (χ0n) is 8.30. The van der Waals surface area contributed by atoms with E-state index in [-0.39, 0.29) is 10.9 Å². The first kappa shape index (κ1) is 11.2. The largest absolute Gasteiger partial charge is 0.478 e. The second-order valence-electron chi connectivity index (χ2n) is 3.44. The van der Waals surface area contributed by atoms with Crippen molar-refractivity contribution in [3.63, 3.8) is 0 Å². The maximum atomic E-state index is 13.1. The molecule has 3 N–H and O–H groups in total. The number of anilines is 1. The van der Waals surface area contributed by atoms with Crippen LogP contribution < -0.4 is 15.8 Å². The van der Waals surface area contributed by atoms with Gasteiger partial charge in [0, 0.05) is 18.6 Å². The summed E-state index contributed by atoms with van der Waals surface area (Å²) in [4.78, 5) is 11.5. The third-order valence-corrected chi connectivity index (χ3v) is 2.56. The van der Waals surface area contributed by atoms with Crippen molar-refractivity contribution in [2.24, 2.45) is 5.73 Å². The SMILES string of the molecule is NCCC1Oc2cc(Cl)c(F)cc2NC1=O. The molecule has 6 heteroatoms. The molecule has 1 unspecified atom stereocenters. The average Bonchev–Trinajstić information content (AvgIpc) is 2.23. The van der Waals surface area contributed by atoms with Gasteiger partial charge < -0.3 is 15.8 Å². The number of nitrogens with one attached hydrogen (secondary N) is 1. The molecule has 0 bridgehead atoms. The van der Waals surface area contributed by atoms with Gasteiger partial charge in [-0.25, -0.2) is 4.39 Å². The van der Waals surface area contributed by atoms with E-state index < -0.39 is 11.9 Å². The minimum atomic E-state index is -0.640. The quantitative estimate of drug-likeness (QED) is 0.829. The van der Waals surface area contributed by atoms with E-state index in [0.29, 0.717) is 24.4 Å². The van der Waals surface area contributed by atoms with Gasteiger partial charge in [0.05, 0.1) is 10.7 Å². The molecule has 2 rings (SSSR count). The first-order chi connectivity index (χ1) is 7.61. The number of halogens is 2. The summed E-state index contributed by atoms with van der Waals surface area (Å²) >= 11 is 5.61. The summed E-state index contributed by atoms with van der Waals surface area (Å²) in [5.41, 5.74) is 5.64. The molecule has 1 heterocycles. The van der Waals surface area contributed by atoms with Crippen molar-refractivity contribution >= 4 is 23.2 Å². The van der Waals surface area contributed by atoms with Gasteiger partial charge in [-0.05, 0) is 6.54 Å². The first-order valence-electron chi connectivity index (χ1n) is 4.78.